The fourth-order valence-electron chi connectivity index (χ4n) is 4.37. The Labute approximate surface area is 113 Å². The molecule has 1 spiro atoms. The van der Waals surface area contributed by atoms with E-state index >= 15 is 0 Å². The Morgan fingerprint density at radius 2 is 2.39 bits per heavy atom. The van der Waals surface area contributed by atoms with Gasteiger partial charge in [-0.15, -0.1) is 0 Å². The molecule has 1 saturated heterocycles. The van der Waals surface area contributed by atoms with E-state index in [4.69, 9.17) is 4.74 Å². The average Bonchev–Trinajstić information content (AvgIpc) is 2.92. The molecule has 1 N–H and O–H groups in total. The van der Waals surface area contributed by atoms with Gasteiger partial charge in [-0.05, 0) is 54.6 Å². The van der Waals surface area contributed by atoms with Crippen LogP contribution in [0.1, 0.15) is 31.2 Å². The molecule has 2 aliphatic carbocycles. The molecule has 0 amide bonds. The zero-order chi connectivity index (χ0) is 12.0. The number of hydrogen-bond acceptors (Lipinski definition) is 3. The summed E-state index contributed by atoms with van der Waals surface area (Å²) in [6.45, 7) is 2.13. The second kappa shape index (κ2) is 4.32. The molecule has 2 nitrogen and oxygen atoms in total. The quantitative estimate of drug-likeness (QED) is 0.902. The van der Waals surface area contributed by atoms with Crippen LogP contribution in [0.4, 0.5) is 0 Å². The van der Waals surface area contributed by atoms with Gasteiger partial charge in [-0.3, -0.25) is 0 Å². The van der Waals surface area contributed by atoms with Gasteiger partial charge in [-0.2, -0.15) is 11.3 Å². The highest BCUT2D eigenvalue weighted by Crippen LogP contribution is 2.62. The summed E-state index contributed by atoms with van der Waals surface area (Å²) in [7, 11) is 0. The van der Waals surface area contributed by atoms with Crippen molar-refractivity contribution in [3.05, 3.63) is 22.4 Å². The van der Waals surface area contributed by atoms with Crippen LogP contribution in [0.2, 0.25) is 0 Å². The predicted molar refractivity (Wildman–Crippen MR) is 73.9 cm³/mol. The molecule has 2 saturated carbocycles. The van der Waals surface area contributed by atoms with Gasteiger partial charge in [-0.25, -0.2) is 0 Å². The van der Waals surface area contributed by atoms with Crippen LogP contribution in [0.5, 0.6) is 0 Å². The molecule has 0 bridgehead atoms. The van der Waals surface area contributed by atoms with E-state index in [1.54, 1.807) is 11.3 Å². The lowest BCUT2D eigenvalue weighted by Crippen LogP contribution is -2.71. The van der Waals surface area contributed by atoms with E-state index in [2.05, 4.69) is 22.1 Å². The molecule has 3 atom stereocenters. The van der Waals surface area contributed by atoms with E-state index < -0.39 is 0 Å². The van der Waals surface area contributed by atoms with Gasteiger partial charge in [0.15, 0.2) is 0 Å². The summed E-state index contributed by atoms with van der Waals surface area (Å²) in [6, 6.07) is 2.99. The van der Waals surface area contributed by atoms with Crippen LogP contribution in [-0.2, 0) is 11.2 Å². The van der Waals surface area contributed by atoms with Gasteiger partial charge in [0.05, 0.1) is 6.10 Å². The highest BCUT2D eigenvalue weighted by Gasteiger charge is 2.66. The summed E-state index contributed by atoms with van der Waals surface area (Å²) >= 11 is 1.80. The van der Waals surface area contributed by atoms with Gasteiger partial charge in [-0.1, -0.05) is 6.42 Å². The first-order valence-corrected chi connectivity index (χ1v) is 8.20. The first kappa shape index (κ1) is 11.4. The minimum Gasteiger partial charge on any atom is -0.377 e. The maximum absolute atomic E-state index is 5.95. The smallest absolute Gasteiger partial charge is 0.0690 e. The largest absolute Gasteiger partial charge is 0.377 e. The van der Waals surface area contributed by atoms with Crippen LogP contribution in [0.15, 0.2) is 16.8 Å². The standard InChI is InChI=1S/C15H21NOS/c1-5-15(6-1)13(12-3-8-17-14(12)15)16-7-2-11-4-9-18-10-11/h4,9-10,12-14,16H,1-3,5-8H2. The fourth-order valence-corrected chi connectivity index (χ4v) is 5.07. The van der Waals surface area contributed by atoms with Crippen LogP contribution in [0, 0.1) is 11.3 Å². The van der Waals surface area contributed by atoms with Gasteiger partial charge < -0.3 is 10.1 Å². The van der Waals surface area contributed by atoms with Gasteiger partial charge in [0.1, 0.15) is 0 Å². The molecule has 2 heterocycles. The van der Waals surface area contributed by atoms with Crippen LogP contribution in [-0.4, -0.2) is 25.3 Å². The summed E-state index contributed by atoms with van der Waals surface area (Å²) in [5.41, 5.74) is 2.02. The molecule has 1 aromatic heterocycles. The van der Waals surface area contributed by atoms with Crippen molar-refractivity contribution in [2.24, 2.45) is 11.3 Å². The summed E-state index contributed by atoms with van der Waals surface area (Å²) in [5.74, 6) is 0.813. The predicted octanol–water partition coefficient (Wildman–Crippen LogP) is 2.84. The lowest BCUT2D eigenvalue weighted by atomic mass is 9.46. The second-order valence-corrected chi connectivity index (χ2v) is 6.92. The van der Waals surface area contributed by atoms with Crippen molar-refractivity contribution in [1.29, 1.82) is 0 Å². The van der Waals surface area contributed by atoms with E-state index in [9.17, 15) is 0 Å². The molecular weight excluding hydrogens is 242 g/mol. The molecule has 0 aromatic carbocycles. The maximum Gasteiger partial charge on any atom is 0.0690 e. The lowest BCUT2D eigenvalue weighted by Gasteiger charge is -2.63. The van der Waals surface area contributed by atoms with Gasteiger partial charge in [0, 0.05) is 24.0 Å². The van der Waals surface area contributed by atoms with E-state index in [0.29, 0.717) is 11.5 Å². The zero-order valence-corrected chi connectivity index (χ0v) is 11.5. The SMILES string of the molecule is c1cc(CCNC2C3CCOC3C23CCC3)cs1. The van der Waals surface area contributed by atoms with Crippen molar-refractivity contribution < 1.29 is 4.74 Å². The maximum atomic E-state index is 5.95. The van der Waals surface area contributed by atoms with E-state index in [0.717, 1.165) is 25.1 Å². The van der Waals surface area contributed by atoms with E-state index in [1.165, 1.54) is 37.7 Å². The lowest BCUT2D eigenvalue weighted by molar-refractivity contribution is -0.175. The molecule has 3 unspecified atom stereocenters. The molecule has 3 aliphatic rings. The first-order chi connectivity index (χ1) is 8.90. The number of fused-ring (bicyclic) bond motifs is 2. The Hall–Kier alpha value is -0.380. The van der Waals surface area contributed by atoms with Crippen LogP contribution < -0.4 is 5.32 Å². The second-order valence-electron chi connectivity index (χ2n) is 6.14. The third kappa shape index (κ3) is 1.54. The normalized spacial score (nSPS) is 36.1. The molecule has 3 fully saturated rings. The Kier molecular flexibility index (Phi) is 2.75. The molecule has 0 radical (unpaired) electrons. The number of nitrogens with one attached hydrogen (secondary N) is 1. The van der Waals surface area contributed by atoms with Crippen molar-refractivity contribution in [3.63, 3.8) is 0 Å². The highest BCUT2D eigenvalue weighted by molar-refractivity contribution is 7.07. The van der Waals surface area contributed by atoms with Crippen molar-refractivity contribution in [2.45, 2.75) is 44.2 Å². The topological polar surface area (TPSA) is 21.3 Å². The molecule has 1 aromatic rings. The van der Waals surface area contributed by atoms with Crippen molar-refractivity contribution in [1.82, 2.24) is 5.32 Å². The highest BCUT2D eigenvalue weighted by atomic mass is 32.1. The molecule has 4 rings (SSSR count). The van der Waals surface area contributed by atoms with Gasteiger partial charge >= 0.3 is 0 Å². The summed E-state index contributed by atoms with van der Waals surface area (Å²) in [6.07, 6.45) is 7.26. The van der Waals surface area contributed by atoms with Crippen molar-refractivity contribution in [2.75, 3.05) is 13.2 Å². The van der Waals surface area contributed by atoms with Gasteiger partial charge in [0.25, 0.3) is 0 Å². The molecule has 18 heavy (non-hydrogen) atoms. The zero-order valence-electron chi connectivity index (χ0n) is 10.7. The molecule has 1 aliphatic heterocycles. The minimum atomic E-state index is 0.538. The number of hydrogen-bond donors (Lipinski definition) is 1. The molecule has 98 valence electrons. The first-order valence-electron chi connectivity index (χ1n) is 7.26. The van der Waals surface area contributed by atoms with E-state index in [1.807, 2.05) is 0 Å². The Morgan fingerprint density at radius 1 is 1.44 bits per heavy atom. The van der Waals surface area contributed by atoms with Crippen LogP contribution in [0.3, 0.4) is 0 Å². The Bertz CT molecular complexity index is 412. The monoisotopic (exact) mass is 263 g/mol. The third-order valence-electron chi connectivity index (χ3n) is 5.39. The van der Waals surface area contributed by atoms with Crippen molar-refractivity contribution in [3.8, 4) is 0 Å². The fraction of sp³-hybridized carbons (Fsp3) is 0.733. The molecular formula is C15H21NOS. The minimum absolute atomic E-state index is 0.538. The Morgan fingerprint density at radius 3 is 3.11 bits per heavy atom. The third-order valence-corrected chi connectivity index (χ3v) is 6.13. The number of ether oxygens (including phenoxy) is 1. The number of thiophene rings is 1. The van der Waals surface area contributed by atoms with Crippen LogP contribution in [0.25, 0.3) is 0 Å². The summed E-state index contributed by atoms with van der Waals surface area (Å²) in [4.78, 5) is 0. The Balaban J connectivity index is 1.36. The van der Waals surface area contributed by atoms with Crippen molar-refractivity contribution >= 4 is 11.3 Å². The number of rotatable bonds is 4. The molecule has 3 heteroatoms. The summed E-state index contributed by atoms with van der Waals surface area (Å²) < 4.78 is 5.95. The van der Waals surface area contributed by atoms with Gasteiger partial charge in [0.2, 0.25) is 0 Å². The van der Waals surface area contributed by atoms with E-state index in [-0.39, 0.29) is 0 Å². The summed E-state index contributed by atoms with van der Waals surface area (Å²) in [5, 5.41) is 8.29. The average molecular weight is 263 g/mol. The van der Waals surface area contributed by atoms with Crippen LogP contribution >= 0.6 is 11.3 Å².